The number of hydrogen-bond acceptors (Lipinski definition) is 7. The summed E-state index contributed by atoms with van der Waals surface area (Å²) in [4.78, 5) is 48.5. The normalized spacial score (nSPS) is 18.5. The number of carbonyl (C=O) groups is 3. The maximum atomic E-state index is 14.9. The summed E-state index contributed by atoms with van der Waals surface area (Å²) in [5.41, 5.74) is 1.08. The fourth-order valence-corrected chi connectivity index (χ4v) is 3.74. The van der Waals surface area contributed by atoms with Crippen molar-refractivity contribution < 1.29 is 23.5 Å². The second-order valence-corrected chi connectivity index (χ2v) is 7.56. The smallest absolute Gasteiger partial charge is 0.414 e. The number of halogens is 1. The summed E-state index contributed by atoms with van der Waals surface area (Å²) in [5.74, 6) is -0.877. The molecular weight excluding hydrogens is 419 g/mol. The molecule has 0 saturated carbocycles. The molecule has 3 amide bonds. The zero-order chi connectivity index (χ0) is 22.7. The van der Waals surface area contributed by atoms with E-state index in [9.17, 15) is 18.8 Å². The first-order valence-corrected chi connectivity index (χ1v) is 10.2. The molecule has 168 valence electrons. The van der Waals surface area contributed by atoms with Crippen LogP contribution in [0.15, 0.2) is 36.8 Å². The molecule has 1 N–H and O–H groups in total. The van der Waals surface area contributed by atoms with E-state index in [1.165, 1.54) is 36.5 Å². The second kappa shape index (κ2) is 9.16. The summed E-state index contributed by atoms with van der Waals surface area (Å²) in [6, 6.07) is 4.59. The molecule has 0 aliphatic carbocycles. The van der Waals surface area contributed by atoms with Gasteiger partial charge in [-0.3, -0.25) is 19.5 Å². The fourth-order valence-electron chi connectivity index (χ4n) is 3.74. The third-order valence-corrected chi connectivity index (χ3v) is 5.39. The summed E-state index contributed by atoms with van der Waals surface area (Å²) in [5, 5.41) is 2.61. The lowest BCUT2D eigenvalue weighted by molar-refractivity contribution is -0.119. The van der Waals surface area contributed by atoms with Crippen molar-refractivity contribution in [2.45, 2.75) is 13.0 Å². The van der Waals surface area contributed by atoms with Crippen LogP contribution in [0.25, 0.3) is 0 Å². The minimum Gasteiger partial charge on any atom is -0.442 e. The number of benzene rings is 1. The molecule has 0 radical (unpaired) electrons. The van der Waals surface area contributed by atoms with Gasteiger partial charge in [0.2, 0.25) is 5.91 Å². The van der Waals surface area contributed by atoms with E-state index in [4.69, 9.17) is 4.74 Å². The number of anilines is 2. The van der Waals surface area contributed by atoms with E-state index in [1.54, 1.807) is 17.0 Å². The van der Waals surface area contributed by atoms with E-state index in [2.05, 4.69) is 15.3 Å². The SMILES string of the molecule is CC(=O)NC[C@H]1CN(c2ccc(N3CCN(C(=O)c4cnccn4)CC3)c(F)c2)C(=O)O1. The van der Waals surface area contributed by atoms with Crippen LogP contribution in [-0.4, -0.2) is 78.1 Å². The Hall–Kier alpha value is -3.76. The number of nitrogens with one attached hydrogen (secondary N) is 1. The monoisotopic (exact) mass is 442 g/mol. The Kier molecular flexibility index (Phi) is 6.15. The van der Waals surface area contributed by atoms with Gasteiger partial charge in [-0.1, -0.05) is 0 Å². The lowest BCUT2D eigenvalue weighted by atomic mass is 10.2. The molecule has 3 heterocycles. The van der Waals surface area contributed by atoms with E-state index in [-0.39, 0.29) is 30.6 Å². The van der Waals surface area contributed by atoms with Crippen molar-refractivity contribution in [2.24, 2.45) is 0 Å². The van der Waals surface area contributed by atoms with Crippen LogP contribution in [0.2, 0.25) is 0 Å². The molecule has 2 aliphatic heterocycles. The molecule has 1 aromatic heterocycles. The van der Waals surface area contributed by atoms with E-state index in [0.717, 1.165) is 0 Å². The van der Waals surface area contributed by atoms with Crippen molar-refractivity contribution in [3.05, 3.63) is 48.3 Å². The molecule has 2 saturated heterocycles. The molecule has 0 bridgehead atoms. The fraction of sp³-hybridized carbons (Fsp3) is 0.381. The van der Waals surface area contributed by atoms with Gasteiger partial charge in [0.05, 0.1) is 30.7 Å². The Labute approximate surface area is 184 Å². The maximum Gasteiger partial charge on any atom is 0.414 e. The molecule has 1 atom stereocenters. The Morgan fingerprint density at radius 1 is 1.22 bits per heavy atom. The van der Waals surface area contributed by atoms with Crippen LogP contribution in [0.1, 0.15) is 17.4 Å². The molecule has 4 rings (SSSR count). The van der Waals surface area contributed by atoms with Crippen LogP contribution >= 0.6 is 0 Å². The van der Waals surface area contributed by atoms with E-state index < -0.39 is 18.0 Å². The highest BCUT2D eigenvalue weighted by atomic mass is 19.1. The van der Waals surface area contributed by atoms with Crippen molar-refractivity contribution in [3.63, 3.8) is 0 Å². The van der Waals surface area contributed by atoms with Crippen LogP contribution in [0.3, 0.4) is 0 Å². The summed E-state index contributed by atoms with van der Waals surface area (Å²) in [6.07, 6.45) is 3.33. The largest absolute Gasteiger partial charge is 0.442 e. The molecule has 0 spiro atoms. The number of cyclic esters (lactones) is 1. The van der Waals surface area contributed by atoms with E-state index in [0.29, 0.717) is 37.6 Å². The minimum atomic E-state index is -0.580. The van der Waals surface area contributed by atoms with Crippen molar-refractivity contribution in [3.8, 4) is 0 Å². The van der Waals surface area contributed by atoms with Gasteiger partial charge in [0, 0.05) is 45.5 Å². The predicted octanol–water partition coefficient (Wildman–Crippen LogP) is 1.04. The van der Waals surface area contributed by atoms with Crippen LogP contribution in [-0.2, 0) is 9.53 Å². The highest BCUT2D eigenvalue weighted by Gasteiger charge is 2.33. The first kappa shape index (κ1) is 21.5. The molecule has 0 unspecified atom stereocenters. The van der Waals surface area contributed by atoms with Gasteiger partial charge >= 0.3 is 6.09 Å². The van der Waals surface area contributed by atoms with E-state index >= 15 is 0 Å². The maximum absolute atomic E-state index is 14.9. The van der Waals surface area contributed by atoms with Crippen molar-refractivity contribution in [2.75, 3.05) is 49.1 Å². The van der Waals surface area contributed by atoms with Gasteiger partial charge in [0.25, 0.3) is 5.91 Å². The van der Waals surface area contributed by atoms with Gasteiger partial charge in [-0.2, -0.15) is 0 Å². The van der Waals surface area contributed by atoms with Gasteiger partial charge in [-0.05, 0) is 18.2 Å². The molecule has 2 aliphatic rings. The molecule has 32 heavy (non-hydrogen) atoms. The van der Waals surface area contributed by atoms with Gasteiger partial charge in [-0.15, -0.1) is 0 Å². The zero-order valence-electron chi connectivity index (χ0n) is 17.5. The summed E-state index contributed by atoms with van der Waals surface area (Å²) < 4.78 is 20.1. The molecule has 1 aromatic carbocycles. The number of ether oxygens (including phenoxy) is 1. The van der Waals surface area contributed by atoms with Crippen molar-refractivity contribution in [1.82, 2.24) is 20.2 Å². The summed E-state index contributed by atoms with van der Waals surface area (Å²) >= 11 is 0. The molecule has 2 fully saturated rings. The lowest BCUT2D eigenvalue weighted by Gasteiger charge is -2.36. The third-order valence-electron chi connectivity index (χ3n) is 5.39. The lowest BCUT2D eigenvalue weighted by Crippen LogP contribution is -2.49. The number of nitrogens with zero attached hydrogens (tertiary/aromatic N) is 5. The van der Waals surface area contributed by atoms with Crippen molar-refractivity contribution >= 4 is 29.3 Å². The Morgan fingerprint density at radius 3 is 2.66 bits per heavy atom. The van der Waals surface area contributed by atoms with Gasteiger partial charge in [0.15, 0.2) is 0 Å². The quantitative estimate of drug-likeness (QED) is 0.737. The van der Waals surface area contributed by atoms with Crippen LogP contribution in [0.5, 0.6) is 0 Å². The summed E-state index contributed by atoms with van der Waals surface area (Å²) in [6.45, 7) is 3.60. The van der Waals surface area contributed by atoms with E-state index in [1.807, 2.05) is 4.90 Å². The highest BCUT2D eigenvalue weighted by Crippen LogP contribution is 2.28. The Balaban J connectivity index is 1.37. The number of hydrogen-bond donors (Lipinski definition) is 1. The van der Waals surface area contributed by atoms with Crippen molar-refractivity contribution in [1.29, 1.82) is 0 Å². The average molecular weight is 442 g/mol. The standard InChI is InChI=1S/C21H23FN6O4/c1-14(29)25-11-16-13-28(21(31)32-16)15-2-3-19(17(22)10-15)26-6-8-27(9-7-26)20(30)18-12-23-4-5-24-18/h2-5,10,12,16H,6-9,11,13H2,1H3,(H,25,29)/t16-/m0/s1. The van der Waals surface area contributed by atoms with Gasteiger partial charge < -0.3 is 19.9 Å². The topological polar surface area (TPSA) is 108 Å². The van der Waals surface area contributed by atoms with Crippen LogP contribution < -0.4 is 15.1 Å². The highest BCUT2D eigenvalue weighted by molar-refractivity contribution is 5.92. The second-order valence-electron chi connectivity index (χ2n) is 7.56. The number of piperazine rings is 1. The first-order valence-electron chi connectivity index (χ1n) is 10.2. The zero-order valence-corrected chi connectivity index (χ0v) is 17.5. The van der Waals surface area contributed by atoms with Gasteiger partial charge in [0.1, 0.15) is 17.6 Å². The van der Waals surface area contributed by atoms with Crippen LogP contribution in [0.4, 0.5) is 20.6 Å². The molecule has 2 aromatic rings. The predicted molar refractivity (Wildman–Crippen MR) is 113 cm³/mol. The Bertz CT molecular complexity index is 1010. The first-order chi connectivity index (χ1) is 15.4. The molecule has 11 heteroatoms. The number of aromatic nitrogens is 2. The average Bonchev–Trinajstić information content (AvgIpc) is 3.18. The number of rotatable bonds is 5. The summed E-state index contributed by atoms with van der Waals surface area (Å²) in [7, 11) is 0. The van der Waals surface area contributed by atoms with Crippen LogP contribution in [0, 0.1) is 5.82 Å². The third kappa shape index (κ3) is 4.61. The Morgan fingerprint density at radius 2 is 2.00 bits per heavy atom. The number of amides is 3. The van der Waals surface area contributed by atoms with Gasteiger partial charge in [-0.25, -0.2) is 14.2 Å². The minimum absolute atomic E-state index is 0.199. The molecule has 10 nitrogen and oxygen atoms in total. The number of carbonyl (C=O) groups excluding carboxylic acids is 3. The molecular formula is C21H23FN6O4.